The Morgan fingerprint density at radius 1 is 1.26 bits per heavy atom. The average molecular weight is 334 g/mol. The molecule has 0 saturated carbocycles. The highest BCUT2D eigenvalue weighted by Gasteiger charge is 2.30. The average Bonchev–Trinajstić information content (AvgIpc) is 3.05. The van der Waals surface area contributed by atoms with Gasteiger partial charge in [-0.05, 0) is 50.9 Å². The maximum atomic E-state index is 11.5. The van der Waals surface area contributed by atoms with E-state index >= 15 is 0 Å². The lowest BCUT2D eigenvalue weighted by Crippen LogP contribution is -2.23. The van der Waals surface area contributed by atoms with E-state index in [1.807, 2.05) is 26.0 Å². The van der Waals surface area contributed by atoms with Crippen LogP contribution in [0.2, 0.25) is 0 Å². The van der Waals surface area contributed by atoms with Crippen LogP contribution in [0.4, 0.5) is 0 Å². The number of hydrogen-bond donors (Lipinski definition) is 0. The van der Waals surface area contributed by atoms with Crippen LogP contribution in [0.25, 0.3) is 0 Å². The van der Waals surface area contributed by atoms with Crippen molar-refractivity contribution < 1.29 is 12.9 Å². The van der Waals surface area contributed by atoms with Crippen molar-refractivity contribution in [3.05, 3.63) is 46.8 Å². The molecule has 1 unspecified atom stereocenters. The van der Waals surface area contributed by atoms with Gasteiger partial charge in [-0.2, -0.15) is 0 Å². The van der Waals surface area contributed by atoms with Crippen LogP contribution >= 0.6 is 0 Å². The lowest BCUT2D eigenvalue weighted by atomic mass is 10.0. The normalized spacial score (nSPS) is 19.3. The molecule has 2 heterocycles. The third-order valence-electron chi connectivity index (χ3n) is 4.52. The van der Waals surface area contributed by atoms with E-state index in [1.165, 1.54) is 11.8 Å². The van der Waals surface area contributed by atoms with Crippen molar-refractivity contribution in [3.8, 4) is 0 Å². The minimum absolute atomic E-state index is 0.329. The van der Waals surface area contributed by atoms with Crippen molar-refractivity contribution in [3.63, 3.8) is 0 Å². The van der Waals surface area contributed by atoms with E-state index in [0.29, 0.717) is 10.9 Å². The van der Waals surface area contributed by atoms with E-state index in [1.54, 1.807) is 12.1 Å². The van der Waals surface area contributed by atoms with Gasteiger partial charge in [0.15, 0.2) is 9.84 Å². The van der Waals surface area contributed by atoms with Crippen LogP contribution in [0.5, 0.6) is 0 Å². The third kappa shape index (κ3) is 3.33. The van der Waals surface area contributed by atoms with Crippen molar-refractivity contribution in [2.45, 2.75) is 44.2 Å². The second-order valence-corrected chi connectivity index (χ2v) is 8.30. The Kier molecular flexibility index (Phi) is 4.29. The van der Waals surface area contributed by atoms with Gasteiger partial charge >= 0.3 is 0 Å². The summed E-state index contributed by atoms with van der Waals surface area (Å²) in [6, 6.07) is 7.51. The van der Waals surface area contributed by atoms with Gasteiger partial charge in [-0.15, -0.1) is 0 Å². The van der Waals surface area contributed by atoms with Gasteiger partial charge in [-0.3, -0.25) is 4.90 Å². The Bertz CT molecular complexity index is 774. The molecule has 6 heteroatoms. The van der Waals surface area contributed by atoms with Crippen LogP contribution in [0, 0.1) is 13.8 Å². The molecule has 0 bridgehead atoms. The fraction of sp³-hybridized carbons (Fsp3) is 0.471. The maximum Gasteiger partial charge on any atom is 0.175 e. The summed E-state index contributed by atoms with van der Waals surface area (Å²) in [5.41, 5.74) is 3.29. The summed E-state index contributed by atoms with van der Waals surface area (Å²) in [4.78, 5) is 2.78. The third-order valence-corrected chi connectivity index (χ3v) is 5.65. The SMILES string of the molecule is Cc1noc(C)c1C1CCCN1Cc1ccc(S(C)(=O)=O)cc1. The molecule has 1 atom stereocenters. The Hall–Kier alpha value is -1.66. The zero-order valence-electron chi connectivity index (χ0n) is 13.7. The van der Waals surface area contributed by atoms with Crippen molar-refractivity contribution in [2.75, 3.05) is 12.8 Å². The van der Waals surface area contributed by atoms with Crippen molar-refractivity contribution in [2.24, 2.45) is 0 Å². The first-order chi connectivity index (χ1) is 10.9. The number of benzene rings is 1. The molecule has 1 fully saturated rings. The summed E-state index contributed by atoms with van der Waals surface area (Å²) < 4.78 is 28.4. The maximum absolute atomic E-state index is 11.5. The minimum Gasteiger partial charge on any atom is -0.361 e. The van der Waals surface area contributed by atoms with Gasteiger partial charge < -0.3 is 4.52 Å². The van der Waals surface area contributed by atoms with Gasteiger partial charge in [-0.25, -0.2) is 8.42 Å². The quantitative estimate of drug-likeness (QED) is 0.860. The monoisotopic (exact) mass is 334 g/mol. The van der Waals surface area contributed by atoms with E-state index in [4.69, 9.17) is 4.52 Å². The molecule has 5 nitrogen and oxygen atoms in total. The van der Waals surface area contributed by atoms with Crippen LogP contribution in [0.1, 0.15) is 41.5 Å². The summed E-state index contributed by atoms with van der Waals surface area (Å²) in [5.74, 6) is 0.895. The van der Waals surface area contributed by atoms with Crippen LogP contribution in [-0.2, 0) is 16.4 Å². The zero-order chi connectivity index (χ0) is 16.6. The first-order valence-corrected chi connectivity index (χ1v) is 9.71. The molecule has 0 radical (unpaired) electrons. The molecule has 1 aliphatic rings. The van der Waals surface area contributed by atoms with Crippen LogP contribution in [0.3, 0.4) is 0 Å². The largest absolute Gasteiger partial charge is 0.361 e. The molecule has 0 aliphatic carbocycles. The van der Waals surface area contributed by atoms with Gasteiger partial charge in [0.05, 0.1) is 10.6 Å². The summed E-state index contributed by atoms with van der Waals surface area (Å²) in [6.45, 7) is 5.79. The molecule has 1 saturated heterocycles. The van der Waals surface area contributed by atoms with E-state index in [9.17, 15) is 8.42 Å². The van der Waals surface area contributed by atoms with Crippen molar-refractivity contribution >= 4 is 9.84 Å². The first kappa shape index (κ1) is 16.2. The van der Waals surface area contributed by atoms with Gasteiger partial charge in [-0.1, -0.05) is 17.3 Å². The van der Waals surface area contributed by atoms with Crippen LogP contribution < -0.4 is 0 Å². The molecule has 1 aliphatic heterocycles. The number of aryl methyl sites for hydroxylation is 2. The Morgan fingerprint density at radius 3 is 2.52 bits per heavy atom. The van der Waals surface area contributed by atoms with Gasteiger partial charge in [0.25, 0.3) is 0 Å². The van der Waals surface area contributed by atoms with Crippen LogP contribution in [-0.4, -0.2) is 31.3 Å². The van der Waals surface area contributed by atoms with E-state index < -0.39 is 9.84 Å². The topological polar surface area (TPSA) is 63.4 Å². The molecular weight excluding hydrogens is 312 g/mol. The predicted molar refractivity (Wildman–Crippen MR) is 87.9 cm³/mol. The second kappa shape index (κ2) is 6.09. The summed E-state index contributed by atoms with van der Waals surface area (Å²) in [6.07, 6.45) is 3.48. The lowest BCUT2D eigenvalue weighted by molar-refractivity contribution is 0.245. The summed E-state index contributed by atoms with van der Waals surface area (Å²) in [5, 5.41) is 4.07. The molecule has 2 aromatic rings. The van der Waals surface area contributed by atoms with Crippen molar-refractivity contribution in [1.29, 1.82) is 0 Å². The standard InChI is InChI=1S/C17H22N2O3S/c1-12-17(13(2)22-18-12)16-5-4-10-19(16)11-14-6-8-15(9-7-14)23(3,20)21/h6-9,16H,4-5,10-11H2,1-3H3. The number of sulfone groups is 1. The molecule has 0 spiro atoms. The molecular formula is C17H22N2O3S. The number of likely N-dealkylation sites (tertiary alicyclic amines) is 1. The highest BCUT2D eigenvalue weighted by Crippen LogP contribution is 2.36. The molecule has 1 aromatic carbocycles. The first-order valence-electron chi connectivity index (χ1n) is 7.82. The van der Waals surface area contributed by atoms with E-state index in [0.717, 1.165) is 42.9 Å². The number of aromatic nitrogens is 1. The van der Waals surface area contributed by atoms with Crippen LogP contribution in [0.15, 0.2) is 33.7 Å². The lowest BCUT2D eigenvalue weighted by Gasteiger charge is -2.24. The van der Waals surface area contributed by atoms with Gasteiger partial charge in [0.1, 0.15) is 5.76 Å². The van der Waals surface area contributed by atoms with Gasteiger partial charge in [0.2, 0.25) is 0 Å². The molecule has 124 valence electrons. The molecule has 0 amide bonds. The highest BCUT2D eigenvalue weighted by atomic mass is 32.2. The van der Waals surface area contributed by atoms with Crippen molar-refractivity contribution in [1.82, 2.24) is 10.1 Å². The highest BCUT2D eigenvalue weighted by molar-refractivity contribution is 7.90. The van der Waals surface area contributed by atoms with E-state index in [-0.39, 0.29) is 0 Å². The molecule has 23 heavy (non-hydrogen) atoms. The van der Waals surface area contributed by atoms with Gasteiger partial charge in [0, 0.05) is 24.4 Å². The zero-order valence-corrected chi connectivity index (χ0v) is 14.6. The number of nitrogens with zero attached hydrogens (tertiary/aromatic N) is 2. The fourth-order valence-corrected chi connectivity index (χ4v) is 4.02. The molecule has 1 aromatic heterocycles. The predicted octanol–water partition coefficient (Wildman–Crippen LogP) is 3.03. The Morgan fingerprint density at radius 2 is 1.96 bits per heavy atom. The second-order valence-electron chi connectivity index (χ2n) is 6.28. The summed E-state index contributed by atoms with van der Waals surface area (Å²) >= 11 is 0. The number of rotatable bonds is 4. The smallest absolute Gasteiger partial charge is 0.175 e. The Balaban J connectivity index is 1.79. The molecule has 0 N–H and O–H groups in total. The number of hydrogen-bond acceptors (Lipinski definition) is 5. The van der Waals surface area contributed by atoms with E-state index in [2.05, 4.69) is 10.1 Å². The molecule has 3 rings (SSSR count). The minimum atomic E-state index is -3.14. The summed E-state index contributed by atoms with van der Waals surface area (Å²) in [7, 11) is -3.14. The fourth-order valence-electron chi connectivity index (χ4n) is 3.38. The Labute approximate surface area is 137 Å².